The Labute approximate surface area is 200 Å². The summed E-state index contributed by atoms with van der Waals surface area (Å²) >= 11 is 0. The number of rotatable bonds is 4. The molecule has 16 heteroatoms. The molecular weight excluding hydrogens is 546 g/mol. The minimum Gasteiger partial charge on any atom is -0.376 e. The molecule has 0 aliphatic heterocycles. The molecule has 0 bridgehead atoms. The fraction of sp³-hybridized carbons (Fsp3) is 0.300. The third kappa shape index (κ3) is 5.48. The molecule has 8 nitrogen and oxygen atoms in total. The third-order valence-electron chi connectivity index (χ3n) is 5.04. The van der Waals surface area contributed by atoms with Crippen LogP contribution in [0, 0.1) is 0 Å². The fourth-order valence-electron chi connectivity index (χ4n) is 3.40. The van der Waals surface area contributed by atoms with E-state index in [1.165, 1.54) is 24.3 Å². The van der Waals surface area contributed by atoms with Gasteiger partial charge < -0.3 is 8.37 Å². The summed E-state index contributed by atoms with van der Waals surface area (Å²) in [5.41, 5.74) is -10.1. The van der Waals surface area contributed by atoms with Crippen LogP contribution in [0.25, 0.3) is 0 Å². The quantitative estimate of drug-likeness (QED) is 0.312. The van der Waals surface area contributed by atoms with Crippen molar-refractivity contribution >= 4 is 31.8 Å². The van der Waals surface area contributed by atoms with Gasteiger partial charge in [0.25, 0.3) is 0 Å². The SMILES string of the molecule is O=C1CCc2c(OS(=O)(=O)C(F)(F)F)cccc21.O=C1CCc2c(OS(=O)(=O)C(F)(F)F)cccc21. The number of hydrogen-bond donors (Lipinski definition) is 0. The van der Waals surface area contributed by atoms with Gasteiger partial charge in [-0.05, 0) is 25.0 Å². The van der Waals surface area contributed by atoms with Gasteiger partial charge in [-0.1, -0.05) is 24.3 Å². The van der Waals surface area contributed by atoms with Crippen molar-refractivity contribution in [2.24, 2.45) is 0 Å². The zero-order valence-electron chi connectivity index (χ0n) is 17.6. The van der Waals surface area contributed by atoms with Gasteiger partial charge in [0.1, 0.15) is 11.5 Å². The number of Topliss-reactive ketones (excluding diaryl/α,β-unsaturated/α-hetero) is 2. The van der Waals surface area contributed by atoms with Crippen LogP contribution < -0.4 is 8.37 Å². The van der Waals surface area contributed by atoms with E-state index in [1.54, 1.807) is 0 Å². The molecule has 2 aromatic carbocycles. The predicted molar refractivity (Wildman–Crippen MR) is 109 cm³/mol. The lowest BCUT2D eigenvalue weighted by atomic mass is 10.1. The molecule has 0 heterocycles. The van der Waals surface area contributed by atoms with Gasteiger partial charge in [-0.3, -0.25) is 9.59 Å². The van der Waals surface area contributed by atoms with E-state index in [4.69, 9.17) is 0 Å². The Hall–Kier alpha value is -3.14. The predicted octanol–water partition coefficient (Wildman–Crippen LogP) is 4.09. The van der Waals surface area contributed by atoms with Crippen molar-refractivity contribution in [1.29, 1.82) is 0 Å². The van der Waals surface area contributed by atoms with Crippen LogP contribution in [0.15, 0.2) is 36.4 Å². The van der Waals surface area contributed by atoms with Gasteiger partial charge in [-0.25, -0.2) is 0 Å². The van der Waals surface area contributed by atoms with E-state index in [1.807, 2.05) is 0 Å². The lowest BCUT2D eigenvalue weighted by Crippen LogP contribution is -2.28. The second-order valence-electron chi connectivity index (χ2n) is 7.38. The van der Waals surface area contributed by atoms with Crippen LogP contribution in [0.5, 0.6) is 11.5 Å². The van der Waals surface area contributed by atoms with Gasteiger partial charge in [0.05, 0.1) is 0 Å². The normalized spacial score (nSPS) is 15.6. The average molecular weight is 560 g/mol. The Morgan fingerprint density at radius 3 is 1.22 bits per heavy atom. The molecule has 0 atom stereocenters. The van der Waals surface area contributed by atoms with Crippen molar-refractivity contribution in [3.05, 3.63) is 58.7 Å². The standard InChI is InChI=1S/2C10H7F3O4S/c2*11-10(12,13)18(15,16)17-9-3-1-2-6-7(9)4-5-8(6)14/h2*1-3H,4-5H2. The first-order chi connectivity index (χ1) is 16.4. The highest BCUT2D eigenvalue weighted by Gasteiger charge is 2.50. The highest BCUT2D eigenvalue weighted by atomic mass is 32.2. The van der Waals surface area contributed by atoms with Crippen LogP contribution in [0.4, 0.5) is 26.3 Å². The molecule has 0 amide bonds. The topological polar surface area (TPSA) is 121 Å². The van der Waals surface area contributed by atoms with E-state index in [2.05, 4.69) is 8.37 Å². The lowest BCUT2D eigenvalue weighted by molar-refractivity contribution is -0.0505. The zero-order chi connectivity index (χ0) is 27.1. The van der Waals surface area contributed by atoms with Crippen molar-refractivity contribution in [3.63, 3.8) is 0 Å². The molecule has 0 spiro atoms. The monoisotopic (exact) mass is 560 g/mol. The number of alkyl halides is 6. The smallest absolute Gasteiger partial charge is 0.376 e. The average Bonchev–Trinajstić information content (AvgIpc) is 3.31. The van der Waals surface area contributed by atoms with Gasteiger partial charge in [0.15, 0.2) is 11.6 Å². The maximum atomic E-state index is 12.2. The Morgan fingerprint density at radius 1 is 0.583 bits per heavy atom. The zero-order valence-corrected chi connectivity index (χ0v) is 19.3. The van der Waals surface area contributed by atoms with Gasteiger partial charge in [-0.2, -0.15) is 43.2 Å². The maximum Gasteiger partial charge on any atom is 0.534 e. The number of fused-ring (bicyclic) bond motifs is 2. The molecule has 2 aromatic rings. The molecule has 2 aliphatic rings. The number of halogens is 6. The summed E-state index contributed by atoms with van der Waals surface area (Å²) in [6, 6.07) is 7.61. The highest BCUT2D eigenvalue weighted by molar-refractivity contribution is 7.88. The summed E-state index contributed by atoms with van der Waals surface area (Å²) in [7, 11) is -11.4. The molecule has 196 valence electrons. The Bertz CT molecular complexity index is 1320. The van der Waals surface area contributed by atoms with Gasteiger partial charge >= 0.3 is 31.3 Å². The number of hydrogen-bond acceptors (Lipinski definition) is 8. The first-order valence-electron chi connectivity index (χ1n) is 9.76. The fourth-order valence-corrected chi connectivity index (χ4v) is 4.38. The summed E-state index contributed by atoms with van der Waals surface area (Å²) in [5, 5.41) is 0. The largest absolute Gasteiger partial charge is 0.534 e. The minimum atomic E-state index is -5.70. The Morgan fingerprint density at radius 2 is 0.917 bits per heavy atom. The van der Waals surface area contributed by atoms with Crippen LogP contribution >= 0.6 is 0 Å². The Balaban J connectivity index is 0.000000201. The van der Waals surface area contributed by atoms with Crippen molar-refractivity contribution < 1.29 is 61.1 Å². The molecule has 4 rings (SSSR count). The Kier molecular flexibility index (Phi) is 7.16. The molecule has 0 aromatic heterocycles. The second kappa shape index (κ2) is 9.38. The first kappa shape index (κ1) is 27.4. The summed E-state index contributed by atoms with van der Waals surface area (Å²) in [6.45, 7) is 0. The molecule has 0 radical (unpaired) electrons. The van der Waals surface area contributed by atoms with Crippen LogP contribution in [0.1, 0.15) is 44.7 Å². The number of ketones is 2. The van der Waals surface area contributed by atoms with Crippen molar-refractivity contribution in [2.45, 2.75) is 36.7 Å². The van der Waals surface area contributed by atoms with Crippen LogP contribution in [0.2, 0.25) is 0 Å². The van der Waals surface area contributed by atoms with E-state index in [-0.39, 0.29) is 59.5 Å². The summed E-state index contributed by atoms with van der Waals surface area (Å²) in [5.74, 6) is -1.34. The van der Waals surface area contributed by atoms with Gasteiger partial charge in [0.2, 0.25) is 0 Å². The number of carbonyl (C=O) groups excluding carboxylic acids is 2. The van der Waals surface area contributed by atoms with Crippen LogP contribution in [-0.2, 0) is 33.1 Å². The first-order valence-corrected chi connectivity index (χ1v) is 12.6. The van der Waals surface area contributed by atoms with Gasteiger partial charge in [0, 0.05) is 35.1 Å². The molecule has 0 saturated carbocycles. The van der Waals surface area contributed by atoms with E-state index in [0.29, 0.717) is 0 Å². The molecule has 0 fully saturated rings. The maximum absolute atomic E-state index is 12.2. The van der Waals surface area contributed by atoms with E-state index in [9.17, 15) is 52.8 Å². The summed E-state index contributed by atoms with van der Waals surface area (Å²) in [6.07, 6.45) is 0.638. The molecule has 0 saturated heterocycles. The van der Waals surface area contributed by atoms with Gasteiger partial charge in [-0.15, -0.1) is 0 Å². The summed E-state index contributed by atoms with van der Waals surface area (Å²) < 4.78 is 125. The number of benzene rings is 2. The molecule has 36 heavy (non-hydrogen) atoms. The van der Waals surface area contributed by atoms with Crippen LogP contribution in [0.3, 0.4) is 0 Å². The van der Waals surface area contributed by atoms with Crippen LogP contribution in [-0.4, -0.2) is 39.4 Å². The van der Waals surface area contributed by atoms with Crippen molar-refractivity contribution in [1.82, 2.24) is 0 Å². The van der Waals surface area contributed by atoms with Crippen molar-refractivity contribution in [3.8, 4) is 11.5 Å². The molecule has 2 aliphatic carbocycles. The lowest BCUT2D eigenvalue weighted by Gasteiger charge is -2.11. The second-order valence-corrected chi connectivity index (χ2v) is 10.5. The third-order valence-corrected chi connectivity index (χ3v) is 6.97. The number of carbonyl (C=O) groups is 2. The van der Waals surface area contributed by atoms with E-state index in [0.717, 1.165) is 12.1 Å². The summed E-state index contributed by atoms with van der Waals surface area (Å²) in [4.78, 5) is 22.7. The van der Waals surface area contributed by atoms with E-state index < -0.39 is 42.8 Å². The highest BCUT2D eigenvalue weighted by Crippen LogP contribution is 2.35. The van der Waals surface area contributed by atoms with E-state index >= 15 is 0 Å². The van der Waals surface area contributed by atoms with Crippen molar-refractivity contribution in [2.75, 3.05) is 0 Å². The minimum absolute atomic E-state index is 0.141. The molecule has 0 unspecified atom stereocenters. The molecule has 0 N–H and O–H groups in total. The molecular formula is C20H14F6O8S2.